The van der Waals surface area contributed by atoms with Crippen LogP contribution in [0, 0.1) is 0 Å². The number of amides is 2. The average Bonchev–Trinajstić information content (AvgIpc) is 2.34. The summed E-state index contributed by atoms with van der Waals surface area (Å²) >= 11 is 0. The van der Waals surface area contributed by atoms with Gasteiger partial charge in [0.05, 0.1) is 17.7 Å². The monoisotopic (exact) mass is 288 g/mol. The van der Waals surface area contributed by atoms with E-state index in [1.165, 1.54) is 25.3 Å². The van der Waals surface area contributed by atoms with E-state index < -0.39 is 16.1 Å². The Morgan fingerprint density at radius 2 is 2.05 bits per heavy atom. The summed E-state index contributed by atoms with van der Waals surface area (Å²) in [4.78, 5) is 10.4. The molecule has 0 aliphatic rings. The van der Waals surface area contributed by atoms with E-state index >= 15 is 0 Å². The van der Waals surface area contributed by atoms with Crippen LogP contribution >= 0.6 is 0 Å². The molecule has 6 N–H and O–H groups in total. The second-order valence-electron chi connectivity index (χ2n) is 3.59. The number of carbonyl (C=O) groups is 1. The van der Waals surface area contributed by atoms with Crippen LogP contribution in [-0.2, 0) is 10.0 Å². The van der Waals surface area contributed by atoms with Gasteiger partial charge in [-0.25, -0.2) is 17.9 Å². The minimum atomic E-state index is -3.68. The zero-order chi connectivity index (χ0) is 14.5. The summed E-state index contributed by atoms with van der Waals surface area (Å²) in [5.74, 6) is 0.398. The van der Waals surface area contributed by atoms with Crippen LogP contribution in [0.25, 0.3) is 0 Å². The maximum absolute atomic E-state index is 11.9. The van der Waals surface area contributed by atoms with Crippen LogP contribution in [0.15, 0.2) is 23.1 Å². The lowest BCUT2D eigenvalue weighted by Crippen LogP contribution is -2.37. The maximum atomic E-state index is 11.9. The third-order valence-corrected chi connectivity index (χ3v) is 3.69. The van der Waals surface area contributed by atoms with Gasteiger partial charge in [0.25, 0.3) is 0 Å². The van der Waals surface area contributed by atoms with Gasteiger partial charge < -0.3 is 21.5 Å². The van der Waals surface area contributed by atoms with Crippen molar-refractivity contribution in [2.75, 3.05) is 25.9 Å². The van der Waals surface area contributed by atoms with Crippen LogP contribution < -0.4 is 26.2 Å². The molecule has 0 radical (unpaired) electrons. The molecule has 0 bridgehead atoms. The van der Waals surface area contributed by atoms with Gasteiger partial charge in [-0.1, -0.05) is 0 Å². The molecule has 0 saturated carbocycles. The third-order valence-electron chi connectivity index (χ3n) is 2.23. The first-order valence-corrected chi connectivity index (χ1v) is 6.81. The van der Waals surface area contributed by atoms with Crippen molar-refractivity contribution < 1.29 is 17.9 Å². The summed E-state index contributed by atoms with van der Waals surface area (Å²) in [7, 11) is -2.25. The quantitative estimate of drug-likeness (QED) is 0.402. The van der Waals surface area contributed by atoms with E-state index in [2.05, 4.69) is 10.0 Å². The fraction of sp³-hybridized carbons (Fsp3) is 0.300. The van der Waals surface area contributed by atoms with Crippen LogP contribution in [0.3, 0.4) is 0 Å². The second-order valence-corrected chi connectivity index (χ2v) is 5.36. The topological polar surface area (TPSA) is 137 Å². The molecule has 19 heavy (non-hydrogen) atoms. The number of benzene rings is 1. The van der Waals surface area contributed by atoms with Gasteiger partial charge in [-0.2, -0.15) is 0 Å². The van der Waals surface area contributed by atoms with Crippen LogP contribution in [0.4, 0.5) is 10.5 Å². The Balaban J connectivity index is 2.72. The number of nitrogen functional groups attached to an aromatic ring is 1. The van der Waals surface area contributed by atoms with E-state index in [9.17, 15) is 13.2 Å². The SMILES string of the molecule is COc1ccc(S(=O)(=O)NCCNC(N)=O)cc1N. The van der Waals surface area contributed by atoms with Crippen LogP contribution in [-0.4, -0.2) is 34.6 Å². The Hall–Kier alpha value is -2.00. The highest BCUT2D eigenvalue weighted by atomic mass is 32.2. The van der Waals surface area contributed by atoms with Crippen molar-refractivity contribution in [3.63, 3.8) is 0 Å². The number of anilines is 1. The Kier molecular flexibility index (Phi) is 4.95. The van der Waals surface area contributed by atoms with Crippen LogP contribution in [0.1, 0.15) is 0 Å². The number of hydrogen-bond donors (Lipinski definition) is 4. The Labute approximate surface area is 111 Å². The molecule has 106 valence electrons. The molecule has 0 heterocycles. The standard InChI is InChI=1S/C10H16N4O4S/c1-18-9-3-2-7(6-8(9)11)19(16,17)14-5-4-13-10(12)15/h2-3,6,14H,4-5,11H2,1H3,(H3,12,13,15). The fourth-order valence-electron chi connectivity index (χ4n) is 1.33. The van der Waals surface area contributed by atoms with Crippen LogP contribution in [0.5, 0.6) is 5.75 Å². The summed E-state index contributed by atoms with van der Waals surface area (Å²) in [5, 5.41) is 2.27. The highest BCUT2D eigenvalue weighted by Crippen LogP contribution is 2.23. The zero-order valence-electron chi connectivity index (χ0n) is 10.3. The van der Waals surface area contributed by atoms with Crippen molar-refractivity contribution in [2.45, 2.75) is 4.90 Å². The summed E-state index contributed by atoms with van der Waals surface area (Å²) in [6.45, 7) is 0.122. The summed E-state index contributed by atoms with van der Waals surface area (Å²) in [5.41, 5.74) is 10.7. The van der Waals surface area contributed by atoms with Gasteiger partial charge in [0.1, 0.15) is 5.75 Å². The number of nitrogens with two attached hydrogens (primary N) is 2. The summed E-state index contributed by atoms with van der Waals surface area (Å²) in [6, 6.07) is 3.42. The van der Waals surface area contributed by atoms with E-state index in [1.54, 1.807) is 0 Å². The van der Waals surface area contributed by atoms with Crippen LogP contribution in [0.2, 0.25) is 0 Å². The maximum Gasteiger partial charge on any atom is 0.312 e. The van der Waals surface area contributed by atoms with Crippen molar-refractivity contribution in [1.29, 1.82) is 0 Å². The van der Waals surface area contributed by atoms with Gasteiger partial charge in [0.15, 0.2) is 0 Å². The van der Waals surface area contributed by atoms with Crippen molar-refractivity contribution in [1.82, 2.24) is 10.0 Å². The van der Waals surface area contributed by atoms with Gasteiger partial charge in [-0.3, -0.25) is 0 Å². The number of rotatable bonds is 6. The highest BCUT2D eigenvalue weighted by molar-refractivity contribution is 7.89. The lowest BCUT2D eigenvalue weighted by molar-refractivity contribution is 0.249. The molecule has 0 atom stereocenters. The first-order chi connectivity index (χ1) is 8.86. The number of methoxy groups -OCH3 is 1. The number of carbonyl (C=O) groups excluding carboxylic acids is 1. The molecule has 0 aromatic heterocycles. The van der Waals surface area contributed by atoms with Gasteiger partial charge >= 0.3 is 6.03 Å². The van der Waals surface area contributed by atoms with Crippen molar-refractivity contribution in [3.05, 3.63) is 18.2 Å². The van der Waals surface area contributed by atoms with Gasteiger partial charge in [0, 0.05) is 13.1 Å². The Morgan fingerprint density at radius 1 is 1.37 bits per heavy atom. The normalized spacial score (nSPS) is 11.0. The number of primary amides is 1. The van der Waals surface area contributed by atoms with Crippen molar-refractivity contribution in [2.24, 2.45) is 5.73 Å². The molecule has 2 amide bonds. The lowest BCUT2D eigenvalue weighted by atomic mass is 10.3. The van der Waals surface area contributed by atoms with Crippen molar-refractivity contribution >= 4 is 21.7 Å². The lowest BCUT2D eigenvalue weighted by Gasteiger charge is -2.09. The summed E-state index contributed by atoms with van der Waals surface area (Å²) in [6.07, 6.45) is 0. The molecule has 0 aliphatic heterocycles. The first kappa shape index (κ1) is 15.1. The minimum absolute atomic E-state index is 0.0184. The predicted molar refractivity (Wildman–Crippen MR) is 70.2 cm³/mol. The molecule has 0 fully saturated rings. The fourth-order valence-corrected chi connectivity index (χ4v) is 2.40. The smallest absolute Gasteiger partial charge is 0.312 e. The number of hydrogen-bond acceptors (Lipinski definition) is 5. The van der Waals surface area contributed by atoms with E-state index in [4.69, 9.17) is 16.2 Å². The number of ether oxygens (including phenoxy) is 1. The van der Waals surface area contributed by atoms with Gasteiger partial charge in [-0.15, -0.1) is 0 Å². The molecule has 0 saturated heterocycles. The van der Waals surface area contributed by atoms with E-state index in [1.807, 2.05) is 0 Å². The molecule has 8 nitrogen and oxygen atoms in total. The predicted octanol–water partition coefficient (Wildman–Crippen LogP) is -0.776. The number of nitrogens with one attached hydrogen (secondary N) is 2. The molecular weight excluding hydrogens is 272 g/mol. The number of urea groups is 1. The largest absolute Gasteiger partial charge is 0.495 e. The molecule has 9 heteroatoms. The average molecular weight is 288 g/mol. The molecule has 0 unspecified atom stereocenters. The third kappa shape index (κ3) is 4.30. The van der Waals surface area contributed by atoms with E-state index in [0.717, 1.165) is 0 Å². The molecule has 1 rings (SSSR count). The van der Waals surface area contributed by atoms with Crippen molar-refractivity contribution in [3.8, 4) is 5.75 Å². The molecule has 1 aromatic carbocycles. The zero-order valence-corrected chi connectivity index (χ0v) is 11.2. The Morgan fingerprint density at radius 3 is 2.58 bits per heavy atom. The van der Waals surface area contributed by atoms with E-state index in [0.29, 0.717) is 5.75 Å². The summed E-state index contributed by atoms with van der Waals surface area (Å²) < 4.78 is 31.0. The molecule has 0 spiro atoms. The second kappa shape index (κ2) is 6.25. The first-order valence-electron chi connectivity index (χ1n) is 5.33. The van der Waals surface area contributed by atoms with Gasteiger partial charge in [0.2, 0.25) is 10.0 Å². The Bertz CT molecular complexity index is 559. The van der Waals surface area contributed by atoms with Gasteiger partial charge in [-0.05, 0) is 18.2 Å². The minimum Gasteiger partial charge on any atom is -0.495 e. The molecule has 1 aromatic rings. The molecular formula is C10H16N4O4S. The van der Waals surface area contributed by atoms with E-state index in [-0.39, 0.29) is 23.7 Å². The highest BCUT2D eigenvalue weighted by Gasteiger charge is 2.15. The molecule has 0 aliphatic carbocycles. The number of sulfonamides is 1.